The first-order valence-corrected chi connectivity index (χ1v) is 8.88. The van der Waals surface area contributed by atoms with Crippen molar-refractivity contribution in [1.29, 1.82) is 0 Å². The van der Waals surface area contributed by atoms with Crippen molar-refractivity contribution in [2.75, 3.05) is 39.4 Å². The molecule has 3 rings (SSSR count). The fraction of sp³-hybridized carbons (Fsp3) is 0.444. The highest BCUT2D eigenvalue weighted by atomic mass is 79.9. The van der Waals surface area contributed by atoms with Crippen molar-refractivity contribution >= 4 is 40.7 Å². The monoisotopic (exact) mass is 450 g/mol. The lowest BCUT2D eigenvalue weighted by atomic mass is 10.1. The van der Waals surface area contributed by atoms with Gasteiger partial charge in [-0.2, -0.15) is 0 Å². The van der Waals surface area contributed by atoms with Crippen LogP contribution < -0.4 is 5.32 Å². The Balaban J connectivity index is 0.00000156. The summed E-state index contributed by atoms with van der Waals surface area (Å²) in [6, 6.07) is 10.4. The van der Waals surface area contributed by atoms with E-state index in [0.29, 0.717) is 0 Å². The van der Waals surface area contributed by atoms with Crippen LogP contribution >= 0.6 is 40.7 Å². The normalized spacial score (nSPS) is 14.6. The van der Waals surface area contributed by atoms with E-state index in [1.54, 1.807) is 0 Å². The molecule has 25 heavy (non-hydrogen) atoms. The number of benzene rings is 1. The molecule has 0 radical (unpaired) electrons. The van der Waals surface area contributed by atoms with E-state index in [1.165, 1.54) is 5.56 Å². The van der Waals surface area contributed by atoms with Gasteiger partial charge in [0.2, 0.25) is 0 Å². The first-order valence-electron chi connectivity index (χ1n) is 8.08. The fourth-order valence-electron chi connectivity index (χ4n) is 2.79. The molecule has 1 aliphatic heterocycles. The molecule has 1 saturated heterocycles. The Hall–Kier alpha value is -0.560. The largest absolute Gasteiger partial charge is 0.460 e. The zero-order valence-corrected chi connectivity index (χ0v) is 17.5. The molecule has 7 heteroatoms. The molecule has 140 valence electrons. The van der Waals surface area contributed by atoms with E-state index in [2.05, 4.69) is 57.3 Å². The van der Waals surface area contributed by atoms with Crippen LogP contribution in [-0.4, -0.2) is 44.3 Å². The second kappa shape index (κ2) is 11.2. The van der Waals surface area contributed by atoms with Gasteiger partial charge >= 0.3 is 0 Å². The molecular weight excluding hydrogens is 427 g/mol. The first-order chi connectivity index (χ1) is 11.2. The Morgan fingerprint density at radius 2 is 1.88 bits per heavy atom. The second-order valence-electron chi connectivity index (χ2n) is 5.86. The van der Waals surface area contributed by atoms with Crippen molar-refractivity contribution in [2.24, 2.45) is 0 Å². The number of aryl methyl sites for hydroxylation is 1. The van der Waals surface area contributed by atoms with Gasteiger partial charge in [0.05, 0.1) is 19.8 Å². The van der Waals surface area contributed by atoms with E-state index in [1.807, 2.05) is 6.07 Å². The molecule has 1 fully saturated rings. The molecule has 0 amide bonds. The third-order valence-electron chi connectivity index (χ3n) is 4.12. The van der Waals surface area contributed by atoms with Gasteiger partial charge in [0.25, 0.3) is 0 Å². The lowest BCUT2D eigenvalue weighted by Gasteiger charge is -2.26. The summed E-state index contributed by atoms with van der Waals surface area (Å²) in [5.41, 5.74) is 2.35. The quantitative estimate of drug-likeness (QED) is 0.665. The molecule has 0 bridgehead atoms. The summed E-state index contributed by atoms with van der Waals surface area (Å²) in [6.45, 7) is 8.67. The maximum Gasteiger partial charge on any atom is 0.134 e. The molecule has 1 N–H and O–H groups in total. The van der Waals surface area contributed by atoms with Crippen molar-refractivity contribution in [3.8, 4) is 11.3 Å². The van der Waals surface area contributed by atoms with Crippen LogP contribution in [0.3, 0.4) is 0 Å². The predicted molar refractivity (Wildman–Crippen MR) is 110 cm³/mol. The maximum absolute atomic E-state index is 5.97. The summed E-state index contributed by atoms with van der Waals surface area (Å²) in [6.07, 6.45) is 0. The highest BCUT2D eigenvalue weighted by Gasteiger charge is 2.10. The highest BCUT2D eigenvalue weighted by Crippen LogP contribution is 2.27. The summed E-state index contributed by atoms with van der Waals surface area (Å²) in [7, 11) is 0. The van der Waals surface area contributed by atoms with Crippen LogP contribution in [0.25, 0.3) is 11.3 Å². The summed E-state index contributed by atoms with van der Waals surface area (Å²) < 4.78 is 12.4. The van der Waals surface area contributed by atoms with Crippen molar-refractivity contribution < 1.29 is 9.15 Å². The SMILES string of the molecule is Cc1cc(Br)ccc1-c1ccc(CNCCN2CCOCC2)o1.Cl.Cl. The van der Waals surface area contributed by atoms with Crippen molar-refractivity contribution in [1.82, 2.24) is 10.2 Å². The molecule has 2 heterocycles. The second-order valence-corrected chi connectivity index (χ2v) is 6.77. The van der Waals surface area contributed by atoms with Crippen LogP contribution in [-0.2, 0) is 11.3 Å². The summed E-state index contributed by atoms with van der Waals surface area (Å²) >= 11 is 3.50. The molecule has 0 atom stereocenters. The van der Waals surface area contributed by atoms with Gasteiger partial charge in [0, 0.05) is 36.2 Å². The molecule has 1 aromatic heterocycles. The van der Waals surface area contributed by atoms with Gasteiger partial charge in [-0.3, -0.25) is 4.90 Å². The lowest BCUT2D eigenvalue weighted by Crippen LogP contribution is -2.40. The van der Waals surface area contributed by atoms with E-state index in [4.69, 9.17) is 9.15 Å². The molecule has 0 saturated carbocycles. The van der Waals surface area contributed by atoms with Gasteiger partial charge in [-0.25, -0.2) is 0 Å². The molecular formula is C18H25BrCl2N2O2. The van der Waals surface area contributed by atoms with Crippen molar-refractivity contribution in [3.05, 3.63) is 46.1 Å². The number of morpholine rings is 1. The van der Waals surface area contributed by atoms with E-state index in [0.717, 1.165) is 67.5 Å². The number of hydrogen-bond acceptors (Lipinski definition) is 4. The van der Waals surface area contributed by atoms with Crippen LogP contribution in [0.2, 0.25) is 0 Å². The molecule has 0 unspecified atom stereocenters. The van der Waals surface area contributed by atoms with Crippen LogP contribution in [0, 0.1) is 6.92 Å². The Morgan fingerprint density at radius 1 is 1.12 bits per heavy atom. The zero-order valence-electron chi connectivity index (χ0n) is 14.3. The number of nitrogens with zero attached hydrogens (tertiary/aromatic N) is 1. The van der Waals surface area contributed by atoms with Crippen LogP contribution in [0.5, 0.6) is 0 Å². The number of rotatable bonds is 6. The summed E-state index contributed by atoms with van der Waals surface area (Å²) in [5.74, 6) is 1.91. The Labute approximate surface area is 170 Å². The van der Waals surface area contributed by atoms with Gasteiger partial charge in [-0.15, -0.1) is 24.8 Å². The third kappa shape index (κ3) is 6.59. The average Bonchev–Trinajstić information content (AvgIpc) is 3.01. The van der Waals surface area contributed by atoms with E-state index < -0.39 is 0 Å². The number of nitrogens with one attached hydrogen (secondary N) is 1. The predicted octanol–water partition coefficient (Wildman–Crippen LogP) is 4.28. The maximum atomic E-state index is 5.97. The molecule has 4 nitrogen and oxygen atoms in total. The molecule has 1 aliphatic rings. The Morgan fingerprint density at radius 3 is 2.60 bits per heavy atom. The Bertz CT molecular complexity index is 646. The van der Waals surface area contributed by atoms with Crippen LogP contribution in [0.4, 0.5) is 0 Å². The summed E-state index contributed by atoms with van der Waals surface area (Å²) in [5, 5.41) is 3.45. The minimum Gasteiger partial charge on any atom is -0.460 e. The lowest BCUT2D eigenvalue weighted by molar-refractivity contribution is 0.0383. The van der Waals surface area contributed by atoms with Gasteiger partial charge < -0.3 is 14.5 Å². The number of hydrogen-bond donors (Lipinski definition) is 1. The average molecular weight is 452 g/mol. The van der Waals surface area contributed by atoms with Gasteiger partial charge in [-0.05, 0) is 42.8 Å². The van der Waals surface area contributed by atoms with Crippen molar-refractivity contribution in [2.45, 2.75) is 13.5 Å². The number of halogens is 3. The van der Waals surface area contributed by atoms with Crippen molar-refractivity contribution in [3.63, 3.8) is 0 Å². The molecule has 0 aliphatic carbocycles. The van der Waals surface area contributed by atoms with Gasteiger partial charge in [0.1, 0.15) is 11.5 Å². The molecule has 1 aromatic carbocycles. The minimum atomic E-state index is 0. The standard InChI is InChI=1S/C18H23BrN2O2.2ClH/c1-14-12-15(19)2-4-17(14)18-5-3-16(23-18)13-20-6-7-21-8-10-22-11-9-21;;/h2-5,12,20H,6-11,13H2,1H3;2*1H. The van der Waals surface area contributed by atoms with Gasteiger partial charge in [-0.1, -0.05) is 15.9 Å². The van der Waals surface area contributed by atoms with Crippen LogP contribution in [0.15, 0.2) is 39.2 Å². The van der Waals surface area contributed by atoms with Gasteiger partial charge in [0.15, 0.2) is 0 Å². The summed E-state index contributed by atoms with van der Waals surface area (Å²) in [4.78, 5) is 2.43. The molecule has 2 aromatic rings. The first kappa shape index (κ1) is 22.5. The third-order valence-corrected chi connectivity index (χ3v) is 4.62. The highest BCUT2D eigenvalue weighted by molar-refractivity contribution is 9.10. The Kier molecular flexibility index (Phi) is 10.1. The fourth-order valence-corrected chi connectivity index (χ4v) is 3.27. The number of furan rings is 1. The zero-order chi connectivity index (χ0) is 16.1. The van der Waals surface area contributed by atoms with E-state index in [9.17, 15) is 0 Å². The smallest absolute Gasteiger partial charge is 0.134 e. The van der Waals surface area contributed by atoms with E-state index in [-0.39, 0.29) is 24.8 Å². The minimum absolute atomic E-state index is 0. The number of ether oxygens (including phenoxy) is 1. The molecule has 0 spiro atoms. The van der Waals surface area contributed by atoms with Crippen LogP contribution in [0.1, 0.15) is 11.3 Å². The topological polar surface area (TPSA) is 37.6 Å². The van der Waals surface area contributed by atoms with E-state index >= 15 is 0 Å².